The molecule has 1 heterocycles. The van der Waals surface area contributed by atoms with Crippen molar-refractivity contribution in [2.24, 2.45) is 11.3 Å². The van der Waals surface area contributed by atoms with Crippen LogP contribution in [0.2, 0.25) is 0 Å². The van der Waals surface area contributed by atoms with Gasteiger partial charge in [0.25, 0.3) is 0 Å². The molecule has 0 spiro atoms. The zero-order chi connectivity index (χ0) is 15.0. The number of hydrogen-bond acceptors (Lipinski definition) is 7. The fourth-order valence-corrected chi connectivity index (χ4v) is 4.51. The van der Waals surface area contributed by atoms with Gasteiger partial charge in [0.1, 0.15) is 4.21 Å². The number of hydrogen-bond donors (Lipinski definition) is 3. The lowest BCUT2D eigenvalue weighted by Gasteiger charge is -2.38. The highest BCUT2D eigenvalue weighted by molar-refractivity contribution is 7.91. The Labute approximate surface area is 120 Å². The highest BCUT2D eigenvalue weighted by atomic mass is 32.2. The molecule has 1 saturated carbocycles. The van der Waals surface area contributed by atoms with Crippen LogP contribution >= 0.6 is 11.3 Å². The summed E-state index contributed by atoms with van der Waals surface area (Å²) in [6.45, 7) is 2.36. The van der Waals surface area contributed by atoms with Crippen LogP contribution in [0.25, 0.3) is 0 Å². The standard InChI is InChI=1S/C10H16N4O4S2/c1-10(3-2-4-10)6-12-20(17,18)8-5-7(14(15)16)9(13-11)19-8/h5,12-13H,2-4,6,11H2,1H3. The highest BCUT2D eigenvalue weighted by Gasteiger charge is 2.34. The van der Waals surface area contributed by atoms with E-state index in [9.17, 15) is 18.5 Å². The molecule has 10 heteroatoms. The molecule has 1 fully saturated rings. The Balaban J connectivity index is 2.18. The third-order valence-corrected chi connectivity index (χ3v) is 6.46. The molecular formula is C10H16N4O4S2. The third-order valence-electron chi connectivity index (χ3n) is 3.53. The molecule has 20 heavy (non-hydrogen) atoms. The zero-order valence-electron chi connectivity index (χ0n) is 10.9. The molecule has 8 nitrogen and oxygen atoms in total. The number of hydrazine groups is 1. The molecule has 1 aromatic heterocycles. The quantitative estimate of drug-likeness (QED) is 0.413. The average molecular weight is 320 g/mol. The lowest BCUT2D eigenvalue weighted by Crippen LogP contribution is -2.39. The summed E-state index contributed by atoms with van der Waals surface area (Å²) in [7, 11) is -3.75. The highest BCUT2D eigenvalue weighted by Crippen LogP contribution is 2.40. The Morgan fingerprint density at radius 3 is 2.60 bits per heavy atom. The summed E-state index contributed by atoms with van der Waals surface area (Å²) in [6, 6.07) is 1.02. The van der Waals surface area contributed by atoms with E-state index in [-0.39, 0.29) is 20.3 Å². The van der Waals surface area contributed by atoms with Gasteiger partial charge in [-0.05, 0) is 18.3 Å². The second-order valence-corrected chi connectivity index (χ2v) is 8.22. The molecule has 0 atom stereocenters. The van der Waals surface area contributed by atoms with E-state index in [4.69, 9.17) is 5.84 Å². The van der Waals surface area contributed by atoms with Crippen molar-refractivity contribution in [2.45, 2.75) is 30.4 Å². The van der Waals surface area contributed by atoms with Crippen LogP contribution < -0.4 is 16.0 Å². The third kappa shape index (κ3) is 2.92. The minimum Gasteiger partial charge on any atom is -0.310 e. The van der Waals surface area contributed by atoms with Crippen LogP contribution in [0.1, 0.15) is 26.2 Å². The average Bonchev–Trinajstić information content (AvgIpc) is 2.79. The van der Waals surface area contributed by atoms with Gasteiger partial charge in [-0.15, -0.1) is 0 Å². The number of nitrogens with one attached hydrogen (secondary N) is 2. The molecule has 0 amide bonds. The number of sulfonamides is 1. The monoisotopic (exact) mass is 320 g/mol. The lowest BCUT2D eigenvalue weighted by molar-refractivity contribution is -0.383. The number of thiophene rings is 1. The Morgan fingerprint density at radius 1 is 1.55 bits per heavy atom. The first kappa shape index (κ1) is 15.2. The SMILES string of the molecule is CC1(CNS(=O)(=O)c2cc([N+](=O)[O-])c(NN)s2)CCC1. The molecule has 1 aliphatic rings. The predicted molar refractivity (Wildman–Crippen MR) is 75.9 cm³/mol. The number of nitrogens with zero attached hydrogens (tertiary/aromatic N) is 1. The minimum atomic E-state index is -3.75. The van der Waals surface area contributed by atoms with Crippen LogP contribution in [-0.4, -0.2) is 19.9 Å². The van der Waals surface area contributed by atoms with Gasteiger partial charge >= 0.3 is 5.69 Å². The number of nitrogen functional groups attached to an aromatic ring is 1. The van der Waals surface area contributed by atoms with E-state index in [1.807, 2.05) is 6.92 Å². The summed E-state index contributed by atoms with van der Waals surface area (Å²) in [4.78, 5) is 10.1. The van der Waals surface area contributed by atoms with Gasteiger partial charge in [-0.1, -0.05) is 24.7 Å². The lowest BCUT2D eigenvalue weighted by atomic mass is 9.71. The van der Waals surface area contributed by atoms with Crippen LogP contribution in [0, 0.1) is 15.5 Å². The van der Waals surface area contributed by atoms with E-state index in [0.29, 0.717) is 6.54 Å². The van der Waals surface area contributed by atoms with E-state index in [1.165, 1.54) is 0 Å². The van der Waals surface area contributed by atoms with Crippen LogP contribution in [0.4, 0.5) is 10.7 Å². The van der Waals surface area contributed by atoms with Gasteiger partial charge in [0, 0.05) is 12.6 Å². The fraction of sp³-hybridized carbons (Fsp3) is 0.600. The maximum atomic E-state index is 12.1. The second kappa shape index (κ2) is 5.28. The number of nitrogens with two attached hydrogens (primary N) is 1. The Hall–Kier alpha value is -1.23. The Bertz CT molecular complexity index is 621. The molecule has 0 unspecified atom stereocenters. The van der Waals surface area contributed by atoms with Crippen molar-refractivity contribution in [3.8, 4) is 0 Å². The topological polar surface area (TPSA) is 127 Å². The molecule has 0 saturated heterocycles. The summed E-state index contributed by atoms with van der Waals surface area (Å²) in [6.07, 6.45) is 3.06. The second-order valence-electron chi connectivity index (χ2n) is 5.17. The van der Waals surface area contributed by atoms with Crippen molar-refractivity contribution in [3.05, 3.63) is 16.2 Å². The first-order valence-electron chi connectivity index (χ1n) is 6.02. The molecule has 0 bridgehead atoms. The Kier molecular flexibility index (Phi) is 4.00. The van der Waals surface area contributed by atoms with Crippen LogP contribution in [0.3, 0.4) is 0 Å². The van der Waals surface area contributed by atoms with Gasteiger partial charge in [0.05, 0.1) is 4.92 Å². The smallest absolute Gasteiger partial charge is 0.306 e. The summed E-state index contributed by atoms with van der Waals surface area (Å²) in [5, 5.41) is 10.8. The van der Waals surface area contributed by atoms with Crippen LogP contribution in [0.5, 0.6) is 0 Å². The molecule has 2 rings (SSSR count). The Morgan fingerprint density at radius 2 is 2.20 bits per heavy atom. The molecule has 0 aromatic carbocycles. The van der Waals surface area contributed by atoms with Crippen molar-refractivity contribution < 1.29 is 13.3 Å². The van der Waals surface area contributed by atoms with Crippen LogP contribution in [-0.2, 0) is 10.0 Å². The number of anilines is 1. The molecular weight excluding hydrogens is 304 g/mol. The summed E-state index contributed by atoms with van der Waals surface area (Å²) in [5.74, 6) is 5.16. The molecule has 112 valence electrons. The number of nitro groups is 1. The van der Waals surface area contributed by atoms with Crippen LogP contribution in [0.15, 0.2) is 10.3 Å². The molecule has 0 radical (unpaired) electrons. The van der Waals surface area contributed by atoms with Gasteiger partial charge in [0.2, 0.25) is 10.0 Å². The van der Waals surface area contributed by atoms with Gasteiger partial charge in [-0.25, -0.2) is 19.0 Å². The van der Waals surface area contributed by atoms with Gasteiger partial charge in [-0.2, -0.15) is 0 Å². The van der Waals surface area contributed by atoms with Crippen molar-refractivity contribution in [1.29, 1.82) is 0 Å². The van der Waals surface area contributed by atoms with E-state index < -0.39 is 14.9 Å². The molecule has 0 aliphatic heterocycles. The fourth-order valence-electron chi connectivity index (χ4n) is 2.03. The van der Waals surface area contributed by atoms with Crippen molar-refractivity contribution in [2.75, 3.05) is 12.0 Å². The zero-order valence-corrected chi connectivity index (χ0v) is 12.5. The number of rotatable bonds is 6. The van der Waals surface area contributed by atoms with E-state index in [2.05, 4.69) is 10.1 Å². The maximum Gasteiger partial charge on any atom is 0.306 e. The van der Waals surface area contributed by atoms with E-state index in [0.717, 1.165) is 36.7 Å². The predicted octanol–water partition coefficient (Wildman–Crippen LogP) is 1.41. The van der Waals surface area contributed by atoms with Gasteiger partial charge in [0.15, 0.2) is 5.00 Å². The maximum absolute atomic E-state index is 12.1. The van der Waals surface area contributed by atoms with Crippen molar-refractivity contribution in [1.82, 2.24) is 4.72 Å². The van der Waals surface area contributed by atoms with Crippen molar-refractivity contribution >= 4 is 32.0 Å². The van der Waals surface area contributed by atoms with Gasteiger partial charge in [-0.3, -0.25) is 10.1 Å². The molecule has 1 aliphatic carbocycles. The largest absolute Gasteiger partial charge is 0.310 e. The molecule has 4 N–H and O–H groups in total. The minimum absolute atomic E-state index is 0.00872. The summed E-state index contributed by atoms with van der Waals surface area (Å²) >= 11 is 0.743. The molecule has 1 aromatic rings. The van der Waals surface area contributed by atoms with Gasteiger partial charge < -0.3 is 5.43 Å². The first-order chi connectivity index (χ1) is 9.27. The summed E-state index contributed by atoms with van der Waals surface area (Å²) < 4.78 is 26.7. The summed E-state index contributed by atoms with van der Waals surface area (Å²) in [5.41, 5.74) is 1.80. The normalized spacial score (nSPS) is 17.5. The first-order valence-corrected chi connectivity index (χ1v) is 8.32. The van der Waals surface area contributed by atoms with E-state index >= 15 is 0 Å². The van der Waals surface area contributed by atoms with E-state index in [1.54, 1.807) is 0 Å². The van der Waals surface area contributed by atoms with Crippen molar-refractivity contribution in [3.63, 3.8) is 0 Å².